The van der Waals surface area contributed by atoms with Crippen molar-refractivity contribution < 1.29 is 9.47 Å². The zero-order valence-corrected chi connectivity index (χ0v) is 14.2. The van der Waals surface area contributed by atoms with Gasteiger partial charge in [0.1, 0.15) is 5.75 Å². The molecule has 23 heavy (non-hydrogen) atoms. The molecular formula is C17H21N3O2S. The third-order valence-electron chi connectivity index (χ3n) is 3.30. The fourth-order valence-electron chi connectivity index (χ4n) is 2.14. The largest absolute Gasteiger partial charge is 0.496 e. The summed E-state index contributed by atoms with van der Waals surface area (Å²) in [5, 5.41) is 6.86. The zero-order chi connectivity index (χ0) is 16.5. The lowest BCUT2D eigenvalue weighted by molar-refractivity contribution is 0.398. The molecule has 0 radical (unpaired) electrons. The Kier molecular flexibility index (Phi) is 6.62. The predicted octanol–water partition coefficient (Wildman–Crippen LogP) is 3.02. The molecule has 0 bridgehead atoms. The Morgan fingerprint density at radius 2 is 1.96 bits per heavy atom. The normalized spacial score (nSPS) is 10.0. The van der Waals surface area contributed by atoms with E-state index in [0.29, 0.717) is 11.0 Å². The fourth-order valence-corrected chi connectivity index (χ4v) is 2.36. The maximum atomic E-state index is 5.35. The minimum absolute atomic E-state index is 0.575. The van der Waals surface area contributed by atoms with Gasteiger partial charge in [0.15, 0.2) is 5.11 Å². The second kappa shape index (κ2) is 8.95. The van der Waals surface area contributed by atoms with E-state index >= 15 is 0 Å². The lowest BCUT2D eigenvalue weighted by atomic mass is 10.1. The molecular weight excluding hydrogens is 310 g/mol. The molecule has 6 heteroatoms. The van der Waals surface area contributed by atoms with Crippen LogP contribution in [-0.2, 0) is 6.42 Å². The molecule has 122 valence electrons. The molecule has 1 heterocycles. The highest BCUT2D eigenvalue weighted by Gasteiger charge is 2.02. The number of anilines is 1. The first-order valence-electron chi connectivity index (χ1n) is 7.39. The van der Waals surface area contributed by atoms with Crippen LogP contribution in [0.15, 0.2) is 42.6 Å². The highest BCUT2D eigenvalue weighted by Crippen LogP contribution is 2.18. The molecule has 2 aromatic rings. The monoisotopic (exact) mass is 331 g/mol. The van der Waals surface area contributed by atoms with Crippen molar-refractivity contribution in [3.8, 4) is 11.6 Å². The molecule has 1 aromatic heterocycles. The van der Waals surface area contributed by atoms with Crippen LogP contribution in [-0.4, -0.2) is 30.9 Å². The lowest BCUT2D eigenvalue weighted by Gasteiger charge is -2.11. The summed E-state index contributed by atoms with van der Waals surface area (Å²) < 4.78 is 10.4. The van der Waals surface area contributed by atoms with Gasteiger partial charge in [-0.15, -0.1) is 0 Å². The first-order valence-corrected chi connectivity index (χ1v) is 7.80. The third kappa shape index (κ3) is 5.41. The number of aromatic nitrogens is 1. The van der Waals surface area contributed by atoms with Crippen LogP contribution in [0.3, 0.4) is 0 Å². The number of methoxy groups -OCH3 is 2. The maximum Gasteiger partial charge on any atom is 0.213 e. The first kappa shape index (κ1) is 17.0. The average Bonchev–Trinajstić information content (AvgIpc) is 2.59. The van der Waals surface area contributed by atoms with Gasteiger partial charge in [0.25, 0.3) is 0 Å². The summed E-state index contributed by atoms with van der Waals surface area (Å²) in [6, 6.07) is 11.7. The summed E-state index contributed by atoms with van der Waals surface area (Å²) >= 11 is 5.27. The Hall–Kier alpha value is -2.34. The summed E-state index contributed by atoms with van der Waals surface area (Å²) in [5.74, 6) is 1.50. The molecule has 5 nitrogen and oxygen atoms in total. The standard InChI is InChI=1S/C17H21N3O2S/c1-21-15-8-4-3-6-13(15)7-5-11-18-17(23)20-14-9-10-16(22-2)19-12-14/h3-4,6,8-10,12H,5,7,11H2,1-2H3,(H2,18,20,23). The van der Waals surface area contributed by atoms with Crippen molar-refractivity contribution in [1.82, 2.24) is 10.3 Å². The van der Waals surface area contributed by atoms with Crippen LogP contribution in [0.1, 0.15) is 12.0 Å². The number of hydrogen-bond acceptors (Lipinski definition) is 4. The highest BCUT2D eigenvalue weighted by atomic mass is 32.1. The van der Waals surface area contributed by atoms with E-state index in [-0.39, 0.29) is 0 Å². The number of nitrogens with zero attached hydrogens (tertiary/aromatic N) is 1. The number of hydrogen-bond donors (Lipinski definition) is 2. The number of thiocarbonyl (C=S) groups is 1. The summed E-state index contributed by atoms with van der Waals surface area (Å²) in [6.07, 6.45) is 3.58. The Bertz CT molecular complexity index is 632. The van der Waals surface area contributed by atoms with Crippen molar-refractivity contribution in [2.75, 3.05) is 26.1 Å². The number of aryl methyl sites for hydroxylation is 1. The number of pyridine rings is 1. The maximum absolute atomic E-state index is 5.35. The van der Waals surface area contributed by atoms with Crippen molar-refractivity contribution in [1.29, 1.82) is 0 Å². The lowest BCUT2D eigenvalue weighted by Crippen LogP contribution is -2.29. The van der Waals surface area contributed by atoms with Crippen LogP contribution >= 0.6 is 12.2 Å². The molecule has 0 aliphatic heterocycles. The molecule has 0 aliphatic rings. The van der Waals surface area contributed by atoms with Gasteiger partial charge in [-0.2, -0.15) is 0 Å². The smallest absolute Gasteiger partial charge is 0.213 e. The Labute approximate surface area is 142 Å². The third-order valence-corrected chi connectivity index (χ3v) is 3.55. The van der Waals surface area contributed by atoms with Crippen LogP contribution in [0.5, 0.6) is 11.6 Å². The number of para-hydroxylation sites is 1. The van der Waals surface area contributed by atoms with Crippen LogP contribution in [0.4, 0.5) is 5.69 Å². The van der Waals surface area contributed by atoms with Crippen molar-refractivity contribution in [2.24, 2.45) is 0 Å². The summed E-state index contributed by atoms with van der Waals surface area (Å²) in [6.45, 7) is 0.785. The molecule has 0 aliphatic carbocycles. The van der Waals surface area contributed by atoms with Crippen molar-refractivity contribution in [2.45, 2.75) is 12.8 Å². The number of rotatable bonds is 7. The van der Waals surface area contributed by atoms with Crippen LogP contribution in [0, 0.1) is 0 Å². The molecule has 1 aromatic carbocycles. The van der Waals surface area contributed by atoms with E-state index in [0.717, 1.165) is 30.8 Å². The highest BCUT2D eigenvalue weighted by molar-refractivity contribution is 7.80. The van der Waals surface area contributed by atoms with Crippen molar-refractivity contribution in [3.63, 3.8) is 0 Å². The number of ether oxygens (including phenoxy) is 2. The van der Waals surface area contributed by atoms with Crippen molar-refractivity contribution in [3.05, 3.63) is 48.2 Å². The number of benzene rings is 1. The van der Waals surface area contributed by atoms with Crippen LogP contribution in [0.2, 0.25) is 0 Å². The zero-order valence-electron chi connectivity index (χ0n) is 13.3. The Morgan fingerprint density at radius 1 is 1.13 bits per heavy atom. The molecule has 0 unspecified atom stereocenters. The fraction of sp³-hybridized carbons (Fsp3) is 0.294. The van der Waals surface area contributed by atoms with Gasteiger partial charge in [0, 0.05) is 12.6 Å². The Balaban J connectivity index is 1.72. The van der Waals surface area contributed by atoms with E-state index in [9.17, 15) is 0 Å². The van der Waals surface area contributed by atoms with Crippen molar-refractivity contribution >= 4 is 23.0 Å². The topological polar surface area (TPSA) is 55.4 Å². The minimum Gasteiger partial charge on any atom is -0.496 e. The van der Waals surface area contributed by atoms with E-state index in [1.54, 1.807) is 26.5 Å². The molecule has 0 spiro atoms. The van der Waals surface area contributed by atoms with Gasteiger partial charge in [-0.1, -0.05) is 18.2 Å². The molecule has 0 atom stereocenters. The van der Waals surface area contributed by atoms with Gasteiger partial charge in [-0.05, 0) is 42.8 Å². The van der Waals surface area contributed by atoms with E-state index in [4.69, 9.17) is 21.7 Å². The first-order chi connectivity index (χ1) is 11.2. The van der Waals surface area contributed by atoms with E-state index in [1.807, 2.05) is 24.3 Å². The molecule has 0 amide bonds. The van der Waals surface area contributed by atoms with E-state index in [1.165, 1.54) is 5.56 Å². The summed E-state index contributed by atoms with van der Waals surface area (Å²) in [7, 11) is 3.28. The van der Waals surface area contributed by atoms with Gasteiger partial charge in [0.2, 0.25) is 5.88 Å². The molecule has 2 N–H and O–H groups in total. The molecule has 0 fully saturated rings. The molecule has 2 rings (SSSR count). The van der Waals surface area contributed by atoms with Gasteiger partial charge < -0.3 is 20.1 Å². The van der Waals surface area contributed by atoms with Gasteiger partial charge in [0.05, 0.1) is 26.1 Å². The minimum atomic E-state index is 0.575. The molecule has 0 saturated carbocycles. The molecule has 0 saturated heterocycles. The average molecular weight is 331 g/mol. The second-order valence-electron chi connectivity index (χ2n) is 4.89. The Morgan fingerprint density at radius 3 is 2.65 bits per heavy atom. The number of nitrogens with one attached hydrogen (secondary N) is 2. The van der Waals surface area contributed by atoms with Gasteiger partial charge >= 0.3 is 0 Å². The quantitative estimate of drug-likeness (QED) is 0.601. The predicted molar refractivity (Wildman–Crippen MR) is 96.3 cm³/mol. The van der Waals surface area contributed by atoms with Gasteiger partial charge in [-0.3, -0.25) is 0 Å². The SMILES string of the molecule is COc1ccc(NC(=S)NCCCc2ccccc2OC)cn1. The van der Waals surface area contributed by atoms with Crippen LogP contribution in [0.25, 0.3) is 0 Å². The van der Waals surface area contributed by atoms with Gasteiger partial charge in [-0.25, -0.2) is 4.98 Å². The van der Waals surface area contributed by atoms with E-state index < -0.39 is 0 Å². The van der Waals surface area contributed by atoms with Crippen LogP contribution < -0.4 is 20.1 Å². The second-order valence-corrected chi connectivity index (χ2v) is 5.29. The van der Waals surface area contributed by atoms with E-state index in [2.05, 4.69) is 21.7 Å². The summed E-state index contributed by atoms with van der Waals surface area (Å²) in [4.78, 5) is 4.12. The summed E-state index contributed by atoms with van der Waals surface area (Å²) in [5.41, 5.74) is 2.03.